The molecule has 1 aliphatic rings. The van der Waals surface area contributed by atoms with Crippen molar-refractivity contribution in [3.8, 4) is 11.3 Å². The van der Waals surface area contributed by atoms with Gasteiger partial charge in [0, 0.05) is 25.4 Å². The van der Waals surface area contributed by atoms with Crippen molar-refractivity contribution in [3.63, 3.8) is 0 Å². The molecule has 2 N–H and O–H groups in total. The van der Waals surface area contributed by atoms with Gasteiger partial charge < -0.3 is 15.2 Å². The minimum absolute atomic E-state index is 0.238. The number of benzene rings is 1. The monoisotopic (exact) mass is 448 g/mol. The second-order valence-corrected chi connectivity index (χ2v) is 8.98. The van der Waals surface area contributed by atoms with Crippen molar-refractivity contribution in [1.82, 2.24) is 20.1 Å². The second kappa shape index (κ2) is 8.82. The van der Waals surface area contributed by atoms with Crippen molar-refractivity contribution in [2.45, 2.75) is 25.0 Å². The topological polar surface area (TPSA) is 89.3 Å². The Labute approximate surface area is 189 Å². The van der Waals surface area contributed by atoms with Gasteiger partial charge in [0.2, 0.25) is 0 Å². The number of aryl methyl sites for hydroxylation is 1. The van der Waals surface area contributed by atoms with Gasteiger partial charge in [-0.25, -0.2) is 4.98 Å². The molecular weight excluding hydrogens is 424 g/mol. The molecule has 4 aromatic rings. The number of amides is 1. The van der Waals surface area contributed by atoms with Gasteiger partial charge in [-0.3, -0.25) is 9.48 Å². The molecule has 2 atom stereocenters. The number of aromatic nitrogens is 3. The van der Waals surface area contributed by atoms with E-state index in [0.717, 1.165) is 32.6 Å². The van der Waals surface area contributed by atoms with Gasteiger partial charge in [-0.05, 0) is 47.5 Å². The van der Waals surface area contributed by atoms with Crippen LogP contribution in [-0.4, -0.2) is 51.1 Å². The first-order chi connectivity index (χ1) is 15.6. The number of ether oxygens (including phenoxy) is 1. The van der Waals surface area contributed by atoms with Gasteiger partial charge in [-0.1, -0.05) is 24.3 Å². The number of carbonyl (C=O) groups excluding carboxylic acids is 1. The normalized spacial score (nSPS) is 18.7. The van der Waals surface area contributed by atoms with Gasteiger partial charge in [0.15, 0.2) is 0 Å². The molecule has 164 valence electrons. The van der Waals surface area contributed by atoms with Crippen LogP contribution in [0.4, 0.5) is 0 Å². The first-order valence-electron chi connectivity index (χ1n) is 10.6. The predicted octanol–water partition coefficient (Wildman–Crippen LogP) is 3.17. The fourth-order valence-electron chi connectivity index (χ4n) is 3.99. The lowest BCUT2D eigenvalue weighted by molar-refractivity contribution is -0.0261. The van der Waals surface area contributed by atoms with Crippen LogP contribution < -0.4 is 5.32 Å². The minimum Gasteiger partial charge on any atom is -0.389 e. The number of carbonyl (C=O) groups is 1. The quantitative estimate of drug-likeness (QED) is 0.490. The summed E-state index contributed by atoms with van der Waals surface area (Å²) in [7, 11) is 1.91. The van der Waals surface area contributed by atoms with Crippen molar-refractivity contribution < 1.29 is 14.6 Å². The lowest BCUT2D eigenvalue weighted by Gasteiger charge is -2.28. The minimum atomic E-state index is -0.699. The zero-order chi connectivity index (χ0) is 22.1. The summed E-state index contributed by atoms with van der Waals surface area (Å²) in [6, 6.07) is 13.8. The highest BCUT2D eigenvalue weighted by Crippen LogP contribution is 2.27. The van der Waals surface area contributed by atoms with E-state index in [1.807, 2.05) is 36.8 Å². The maximum absolute atomic E-state index is 12.9. The van der Waals surface area contributed by atoms with Crippen LogP contribution in [0.5, 0.6) is 0 Å². The summed E-state index contributed by atoms with van der Waals surface area (Å²) in [5.74, 6) is -0.268. The van der Waals surface area contributed by atoms with Gasteiger partial charge in [-0.2, -0.15) is 5.10 Å². The van der Waals surface area contributed by atoms with E-state index in [0.29, 0.717) is 25.1 Å². The largest absolute Gasteiger partial charge is 0.389 e. The zero-order valence-electron chi connectivity index (χ0n) is 17.7. The molecule has 7 nitrogen and oxygen atoms in total. The molecule has 32 heavy (non-hydrogen) atoms. The molecule has 0 spiro atoms. The Morgan fingerprint density at radius 2 is 2.12 bits per heavy atom. The number of nitrogens with zero attached hydrogens (tertiary/aromatic N) is 3. The van der Waals surface area contributed by atoms with Crippen LogP contribution in [0.15, 0.2) is 54.0 Å². The third-order valence-electron chi connectivity index (χ3n) is 5.72. The number of thiophene rings is 1. The first-order valence-corrected chi connectivity index (χ1v) is 11.5. The first kappa shape index (κ1) is 20.8. The summed E-state index contributed by atoms with van der Waals surface area (Å²) >= 11 is 1.63. The van der Waals surface area contributed by atoms with Gasteiger partial charge in [0.1, 0.15) is 5.69 Å². The molecule has 0 unspecified atom stereocenters. The number of rotatable bonds is 5. The van der Waals surface area contributed by atoms with Gasteiger partial charge in [0.05, 0.1) is 34.7 Å². The lowest BCUT2D eigenvalue weighted by Crippen LogP contribution is -2.48. The summed E-state index contributed by atoms with van der Waals surface area (Å²) in [6.07, 6.45) is 2.51. The maximum atomic E-state index is 12.9. The highest BCUT2D eigenvalue weighted by atomic mass is 32.1. The average Bonchev–Trinajstić information content (AvgIpc) is 3.45. The Morgan fingerprint density at radius 3 is 2.88 bits per heavy atom. The lowest BCUT2D eigenvalue weighted by atomic mass is 10.0. The Balaban J connectivity index is 1.39. The molecular formula is C24H24N4O3S. The summed E-state index contributed by atoms with van der Waals surface area (Å²) < 4.78 is 8.13. The van der Waals surface area contributed by atoms with Crippen LogP contribution >= 0.6 is 11.3 Å². The van der Waals surface area contributed by atoms with Crippen LogP contribution in [0.2, 0.25) is 0 Å². The van der Waals surface area contributed by atoms with Crippen molar-refractivity contribution in [2.75, 3.05) is 13.2 Å². The van der Waals surface area contributed by atoms with E-state index in [1.165, 1.54) is 0 Å². The predicted molar refractivity (Wildman–Crippen MR) is 124 cm³/mol. The molecule has 1 saturated heterocycles. The van der Waals surface area contributed by atoms with Crippen molar-refractivity contribution in [3.05, 3.63) is 70.9 Å². The SMILES string of the molecule is Cn1ccc(-c2ccc(Cc3cc(C(=O)N[C@H]4CCOC[C@@H]4O)nc4ccsc34)cc2)n1. The third-order valence-corrected chi connectivity index (χ3v) is 6.70. The molecule has 0 bridgehead atoms. The van der Waals surface area contributed by atoms with Crippen LogP contribution in [0, 0.1) is 0 Å². The highest BCUT2D eigenvalue weighted by Gasteiger charge is 2.26. The summed E-state index contributed by atoms with van der Waals surface area (Å²) in [5.41, 5.74) is 5.41. The molecule has 5 rings (SSSR count). The number of nitrogens with one attached hydrogen (secondary N) is 1. The fraction of sp³-hybridized carbons (Fsp3) is 0.292. The standard InChI is InChI=1S/C24H24N4O3S/c1-28-9-6-18(27-28)16-4-2-15(3-5-16)12-17-13-21(25-20-8-11-32-23(17)20)24(30)26-19-7-10-31-14-22(19)29/h2-6,8-9,11,13,19,22,29H,7,10,12,14H2,1H3,(H,26,30)/t19-,22-/m0/s1. The van der Waals surface area contributed by atoms with E-state index in [4.69, 9.17) is 4.74 Å². The van der Waals surface area contributed by atoms with Gasteiger partial charge in [-0.15, -0.1) is 11.3 Å². The summed E-state index contributed by atoms with van der Waals surface area (Å²) in [5, 5.41) is 19.5. The van der Waals surface area contributed by atoms with Crippen molar-refractivity contribution in [2.24, 2.45) is 7.05 Å². The molecule has 0 aliphatic carbocycles. The van der Waals surface area contributed by atoms with Crippen molar-refractivity contribution in [1.29, 1.82) is 0 Å². The molecule has 1 fully saturated rings. The molecule has 0 radical (unpaired) electrons. The van der Waals surface area contributed by atoms with E-state index < -0.39 is 6.10 Å². The zero-order valence-corrected chi connectivity index (χ0v) is 18.5. The number of pyridine rings is 1. The molecule has 1 aromatic carbocycles. The van der Waals surface area contributed by atoms with Crippen molar-refractivity contribution >= 4 is 27.5 Å². The Bertz CT molecular complexity index is 1250. The molecule has 0 saturated carbocycles. The van der Waals surface area contributed by atoms with E-state index in [2.05, 4.69) is 39.7 Å². The van der Waals surface area contributed by atoms with Crippen LogP contribution in [0.25, 0.3) is 21.5 Å². The number of hydrogen-bond acceptors (Lipinski definition) is 6. The van der Waals surface area contributed by atoms with E-state index in [9.17, 15) is 9.90 Å². The Morgan fingerprint density at radius 1 is 1.28 bits per heavy atom. The maximum Gasteiger partial charge on any atom is 0.270 e. The summed E-state index contributed by atoms with van der Waals surface area (Å²) in [6.45, 7) is 0.764. The van der Waals surface area contributed by atoms with Gasteiger partial charge >= 0.3 is 0 Å². The number of aliphatic hydroxyl groups is 1. The van der Waals surface area contributed by atoms with Crippen LogP contribution in [0.3, 0.4) is 0 Å². The van der Waals surface area contributed by atoms with Crippen LogP contribution in [0.1, 0.15) is 28.0 Å². The highest BCUT2D eigenvalue weighted by molar-refractivity contribution is 7.17. The molecule has 3 aromatic heterocycles. The Hall–Kier alpha value is -3.07. The van der Waals surface area contributed by atoms with Gasteiger partial charge in [0.25, 0.3) is 5.91 Å². The number of fused-ring (bicyclic) bond motifs is 1. The average molecular weight is 449 g/mol. The summed E-state index contributed by atoms with van der Waals surface area (Å²) in [4.78, 5) is 17.5. The molecule has 1 aliphatic heterocycles. The third kappa shape index (κ3) is 4.29. The van der Waals surface area contributed by atoms with E-state index in [1.54, 1.807) is 16.0 Å². The van der Waals surface area contributed by atoms with E-state index in [-0.39, 0.29) is 18.6 Å². The second-order valence-electron chi connectivity index (χ2n) is 8.06. The molecule has 4 heterocycles. The smallest absolute Gasteiger partial charge is 0.270 e. The van der Waals surface area contributed by atoms with Crippen LogP contribution in [-0.2, 0) is 18.2 Å². The molecule has 1 amide bonds. The Kier molecular flexibility index (Phi) is 5.73. The number of hydrogen-bond donors (Lipinski definition) is 2. The molecule has 8 heteroatoms. The van der Waals surface area contributed by atoms with E-state index >= 15 is 0 Å². The number of aliphatic hydroxyl groups excluding tert-OH is 1. The fourth-order valence-corrected chi connectivity index (χ4v) is 4.84.